The first-order valence-corrected chi connectivity index (χ1v) is 23.6. The lowest BCUT2D eigenvalue weighted by Gasteiger charge is -2.24. The van der Waals surface area contributed by atoms with E-state index in [0.717, 1.165) is 12.1 Å². The first-order chi connectivity index (χ1) is 37.3. The van der Waals surface area contributed by atoms with Gasteiger partial charge in [-0.15, -0.1) is 0 Å². The Morgan fingerprint density at radius 3 is 1.12 bits per heavy atom. The summed E-state index contributed by atoms with van der Waals surface area (Å²) in [5.41, 5.74) is 1.51. The summed E-state index contributed by atoms with van der Waals surface area (Å²) in [6, 6.07) is 58.4. The van der Waals surface area contributed by atoms with Crippen molar-refractivity contribution < 1.29 is 26.3 Å². The van der Waals surface area contributed by atoms with Gasteiger partial charge in [0.1, 0.15) is 0 Å². The molecule has 11 aromatic rings. The molecular weight excluding hydrogens is 983 g/mol. The van der Waals surface area contributed by atoms with Crippen LogP contribution in [0.3, 0.4) is 0 Å². The molecule has 0 atom stereocenters. The van der Waals surface area contributed by atoms with Gasteiger partial charge in [0.2, 0.25) is 0 Å². The summed E-state index contributed by atoms with van der Waals surface area (Å²) in [7, 11) is 0. The number of hydrogen-bond donors (Lipinski definition) is 0. The lowest BCUT2D eigenvalue weighted by molar-refractivity contribution is -0.137. The second kappa shape index (κ2) is 19.3. The number of nitrogens with zero attached hydrogens (tertiary/aromatic N) is 8. The topological polar surface area (TPSA) is 139 Å². The molecule has 0 fully saturated rings. The van der Waals surface area contributed by atoms with E-state index >= 15 is 26.3 Å². The maximum atomic E-state index is 15.6. The molecule has 0 unspecified atom stereocenters. The van der Waals surface area contributed by atoms with Gasteiger partial charge in [0.05, 0.1) is 74.4 Å². The molecule has 0 radical (unpaired) electrons. The van der Waals surface area contributed by atoms with Crippen molar-refractivity contribution in [2.45, 2.75) is 12.4 Å². The molecule has 0 amide bonds. The van der Waals surface area contributed by atoms with E-state index in [1.807, 2.05) is 12.1 Å². The third-order valence-electron chi connectivity index (χ3n) is 13.3. The van der Waals surface area contributed by atoms with Gasteiger partial charge >= 0.3 is 12.4 Å². The average molecular weight is 1010 g/mol. The Morgan fingerprint density at radius 1 is 0.338 bits per heavy atom. The average Bonchev–Trinajstić information content (AvgIpc) is 4.07. The van der Waals surface area contributed by atoms with Crippen molar-refractivity contribution in [3.8, 4) is 109 Å². The Balaban J connectivity index is 1.32. The number of fused-ring (bicyclic) bond motifs is 3. The van der Waals surface area contributed by atoms with Crippen molar-refractivity contribution in [1.29, 1.82) is 21.0 Å². The molecule has 0 aliphatic rings. The minimum absolute atomic E-state index is 0.0383. The zero-order valence-corrected chi connectivity index (χ0v) is 39.8. The predicted molar refractivity (Wildman–Crippen MR) is 281 cm³/mol. The molecule has 0 bridgehead atoms. The highest BCUT2D eigenvalue weighted by atomic mass is 19.4. The number of alkyl halides is 6. The highest BCUT2D eigenvalue weighted by Gasteiger charge is 2.37. The van der Waals surface area contributed by atoms with E-state index in [4.69, 9.17) is 15.0 Å². The summed E-state index contributed by atoms with van der Waals surface area (Å²) in [6.07, 6.45) is -9.93. The van der Waals surface area contributed by atoms with E-state index in [0.29, 0.717) is 55.2 Å². The standard InChI is InChI=1S/C63H32F6N8/c64-62(65,66)54-17-9-7-15-48(54)52-31-43(61-75-59(39-11-3-1-4-12-39)74-60(76-61)40-13-5-2-6-14-40)32-53(49-16-8-10-18-55(49)63(67,68)69)58(52)77-56-25-21-41(46-23-19-37(33-70)27-44(46)35-72)29-50(56)51-30-42(22-26-57(51)77)47-24-20-38(34-71)28-45(47)36-73/h1-32H. The van der Waals surface area contributed by atoms with Gasteiger partial charge in [-0.3, -0.25) is 0 Å². The number of nitriles is 4. The zero-order chi connectivity index (χ0) is 53.6. The fourth-order valence-corrected chi connectivity index (χ4v) is 9.80. The van der Waals surface area contributed by atoms with Gasteiger partial charge in [0.15, 0.2) is 17.5 Å². The maximum Gasteiger partial charge on any atom is 0.417 e. The van der Waals surface area contributed by atoms with Gasteiger partial charge in [-0.05, 0) is 106 Å². The Hall–Kier alpha value is -10.7. The molecule has 0 spiro atoms. The number of aromatic nitrogens is 4. The van der Waals surface area contributed by atoms with Gasteiger partial charge < -0.3 is 4.57 Å². The minimum Gasteiger partial charge on any atom is -0.308 e. The van der Waals surface area contributed by atoms with E-state index in [9.17, 15) is 21.0 Å². The van der Waals surface area contributed by atoms with Crippen molar-refractivity contribution in [1.82, 2.24) is 19.5 Å². The molecule has 0 saturated carbocycles. The van der Waals surface area contributed by atoms with Gasteiger partial charge in [0, 0.05) is 38.6 Å². The first-order valence-electron chi connectivity index (χ1n) is 23.6. The molecule has 0 aliphatic heterocycles. The predicted octanol–water partition coefficient (Wildman–Crippen LogP) is 16.2. The molecule has 8 nitrogen and oxygen atoms in total. The van der Waals surface area contributed by atoms with Crippen LogP contribution in [-0.4, -0.2) is 19.5 Å². The van der Waals surface area contributed by atoms with Crippen LogP contribution in [0.15, 0.2) is 194 Å². The van der Waals surface area contributed by atoms with Crippen LogP contribution in [0.4, 0.5) is 26.3 Å². The Morgan fingerprint density at radius 2 is 0.727 bits per heavy atom. The fraction of sp³-hybridized carbons (Fsp3) is 0.0317. The first kappa shape index (κ1) is 48.6. The van der Waals surface area contributed by atoms with Crippen LogP contribution in [0.5, 0.6) is 0 Å². The SMILES string of the molecule is N#Cc1ccc(-c2ccc3c(c2)c2cc(-c4ccc(C#N)cc4C#N)ccc2n3-c2c(-c3ccccc3C(F)(F)F)cc(-c3nc(-c4ccccc4)nc(-c4ccccc4)n3)cc2-c2ccccc2C(F)(F)F)c(C#N)c1. The van der Waals surface area contributed by atoms with E-state index in [-0.39, 0.29) is 73.2 Å². The van der Waals surface area contributed by atoms with Crippen molar-refractivity contribution in [2.75, 3.05) is 0 Å². The molecular formula is C63H32F6N8. The van der Waals surface area contributed by atoms with Crippen LogP contribution in [0.1, 0.15) is 33.4 Å². The highest BCUT2D eigenvalue weighted by molar-refractivity contribution is 6.13. The molecule has 14 heteroatoms. The summed E-state index contributed by atoms with van der Waals surface area (Å²) in [5.74, 6) is 0.361. The third kappa shape index (κ3) is 8.93. The van der Waals surface area contributed by atoms with E-state index in [1.54, 1.807) is 126 Å². The van der Waals surface area contributed by atoms with Gasteiger partial charge in [-0.25, -0.2) is 15.0 Å². The van der Waals surface area contributed by atoms with Crippen molar-refractivity contribution in [2.24, 2.45) is 0 Å². The van der Waals surface area contributed by atoms with Crippen LogP contribution < -0.4 is 0 Å². The lowest BCUT2D eigenvalue weighted by atomic mass is 9.88. The minimum atomic E-state index is -4.97. The van der Waals surface area contributed by atoms with Crippen LogP contribution in [-0.2, 0) is 12.4 Å². The zero-order valence-electron chi connectivity index (χ0n) is 39.8. The number of halogens is 6. The third-order valence-corrected chi connectivity index (χ3v) is 13.3. The summed E-state index contributed by atoms with van der Waals surface area (Å²) in [5, 5.41) is 40.9. The second-order valence-corrected chi connectivity index (χ2v) is 17.8. The van der Waals surface area contributed by atoms with Crippen LogP contribution >= 0.6 is 0 Å². The highest BCUT2D eigenvalue weighted by Crippen LogP contribution is 2.50. The van der Waals surface area contributed by atoms with E-state index in [2.05, 4.69) is 12.1 Å². The lowest BCUT2D eigenvalue weighted by Crippen LogP contribution is -2.11. The molecule has 9 aromatic carbocycles. The number of benzene rings is 9. The molecule has 2 heterocycles. The van der Waals surface area contributed by atoms with Gasteiger partial charge in [-0.2, -0.15) is 47.4 Å². The molecule has 0 saturated heterocycles. The summed E-state index contributed by atoms with van der Waals surface area (Å²) in [6.45, 7) is 0. The molecule has 0 N–H and O–H groups in total. The van der Waals surface area contributed by atoms with Crippen molar-refractivity contribution in [3.63, 3.8) is 0 Å². The molecule has 2 aromatic heterocycles. The van der Waals surface area contributed by atoms with Crippen LogP contribution in [0, 0.1) is 45.3 Å². The van der Waals surface area contributed by atoms with Crippen LogP contribution in [0.2, 0.25) is 0 Å². The monoisotopic (exact) mass is 1010 g/mol. The summed E-state index contributed by atoms with van der Waals surface area (Å²) in [4.78, 5) is 14.5. The second-order valence-electron chi connectivity index (χ2n) is 17.8. The Bertz CT molecular complexity index is 4090. The number of rotatable bonds is 8. The summed E-state index contributed by atoms with van der Waals surface area (Å²) < 4.78 is 95.4. The van der Waals surface area contributed by atoms with Crippen LogP contribution in [0.25, 0.3) is 106 Å². The number of hydrogen-bond acceptors (Lipinski definition) is 7. The normalized spacial score (nSPS) is 11.5. The van der Waals surface area contributed by atoms with Gasteiger partial charge in [0.25, 0.3) is 0 Å². The van der Waals surface area contributed by atoms with Gasteiger partial charge in [-0.1, -0.05) is 121 Å². The smallest absolute Gasteiger partial charge is 0.308 e. The van der Waals surface area contributed by atoms with E-state index < -0.39 is 23.5 Å². The maximum absolute atomic E-state index is 15.6. The largest absolute Gasteiger partial charge is 0.417 e. The Labute approximate surface area is 435 Å². The van der Waals surface area contributed by atoms with Crippen molar-refractivity contribution >= 4 is 21.8 Å². The summed E-state index contributed by atoms with van der Waals surface area (Å²) >= 11 is 0. The van der Waals surface area contributed by atoms with E-state index in [1.165, 1.54) is 60.7 Å². The van der Waals surface area contributed by atoms with Crippen molar-refractivity contribution in [3.05, 3.63) is 228 Å². The molecule has 366 valence electrons. The molecule has 0 aliphatic carbocycles. The quantitative estimate of drug-likeness (QED) is 0.138. The molecule has 11 rings (SSSR count). The Kier molecular flexibility index (Phi) is 12.2. The fourth-order valence-electron chi connectivity index (χ4n) is 9.80. The molecule has 77 heavy (non-hydrogen) atoms.